The van der Waals surface area contributed by atoms with Gasteiger partial charge >= 0.3 is 5.97 Å². The molecule has 7 nitrogen and oxygen atoms in total. The molecule has 1 heterocycles. The second kappa shape index (κ2) is 7.93. The maximum absolute atomic E-state index is 14.2. The number of ketones is 1. The Hall–Kier alpha value is -2.01. The maximum Gasteiger partial charge on any atom is 0.308 e. The van der Waals surface area contributed by atoms with Crippen molar-refractivity contribution in [1.29, 1.82) is 0 Å². The molecule has 1 aliphatic heterocycles. The molecule has 1 aromatic carbocycles. The van der Waals surface area contributed by atoms with E-state index in [0.717, 1.165) is 32.0 Å². The fourth-order valence-corrected chi connectivity index (χ4v) is 4.17. The molecule has 0 aromatic heterocycles. The Kier molecular flexibility index (Phi) is 6.25. The van der Waals surface area contributed by atoms with E-state index in [9.17, 15) is 26.8 Å². The molecular weight excluding hydrogens is 452 g/mol. The summed E-state index contributed by atoms with van der Waals surface area (Å²) in [6.07, 6.45) is 0.249. The zero-order valence-electron chi connectivity index (χ0n) is 14.3. The summed E-state index contributed by atoms with van der Waals surface area (Å²) < 4.78 is 64.7. The van der Waals surface area contributed by atoms with Gasteiger partial charge in [0.05, 0.1) is 11.3 Å². The Labute approximate surface area is 162 Å². The van der Waals surface area contributed by atoms with E-state index in [2.05, 4.69) is 15.9 Å². The summed E-state index contributed by atoms with van der Waals surface area (Å²) >= 11 is 3.09. The van der Waals surface area contributed by atoms with Crippen LogP contribution in [0.4, 0.5) is 8.78 Å². The lowest BCUT2D eigenvalue weighted by atomic mass is 9.90. The molecule has 0 radical (unpaired) electrons. The Morgan fingerprint density at radius 2 is 1.93 bits per heavy atom. The van der Waals surface area contributed by atoms with Gasteiger partial charge in [-0.25, -0.2) is 17.2 Å². The van der Waals surface area contributed by atoms with Crippen molar-refractivity contribution in [2.75, 3.05) is 11.1 Å². The van der Waals surface area contributed by atoms with Crippen molar-refractivity contribution in [2.24, 2.45) is 0 Å². The largest absolute Gasteiger partial charge is 0.456 e. The zero-order valence-corrected chi connectivity index (χ0v) is 16.7. The number of halogens is 3. The van der Waals surface area contributed by atoms with Crippen LogP contribution in [0.2, 0.25) is 0 Å². The summed E-state index contributed by atoms with van der Waals surface area (Å²) in [7, 11) is -3.97. The molecule has 0 fully saturated rings. The molecule has 1 atom stereocenters. The van der Waals surface area contributed by atoms with Crippen LogP contribution in [0.3, 0.4) is 0 Å². The number of carbonyl (C=O) groups excluding carboxylic acids is 2. The second-order valence-electron chi connectivity index (χ2n) is 5.78. The highest BCUT2D eigenvalue weighted by molar-refractivity contribution is 9.09. The van der Waals surface area contributed by atoms with Crippen molar-refractivity contribution in [3.63, 3.8) is 0 Å². The maximum atomic E-state index is 14.2. The first-order valence-electron chi connectivity index (χ1n) is 7.69. The van der Waals surface area contributed by atoms with E-state index in [1.807, 2.05) is 4.72 Å². The van der Waals surface area contributed by atoms with E-state index in [0.29, 0.717) is 5.33 Å². The minimum absolute atomic E-state index is 0.249. The molecule has 27 heavy (non-hydrogen) atoms. The number of esters is 1. The standard InChI is InChI=1S/C16H16BrF2NO6S/c1-9(21)25-13-14(22)16(2,12-10(18)5-3-6-11(12)19)26-15(13)20-27(23,24)8-4-7-17/h3,5-6,20H,4,7-8H2,1-2H3. The first kappa shape index (κ1) is 21.3. The highest BCUT2D eigenvalue weighted by Crippen LogP contribution is 2.40. The van der Waals surface area contributed by atoms with Crippen LogP contribution in [0.15, 0.2) is 29.8 Å². The number of nitrogens with one attached hydrogen (secondary N) is 1. The third-order valence-electron chi connectivity index (χ3n) is 3.63. The molecule has 0 bridgehead atoms. The van der Waals surface area contributed by atoms with E-state index in [-0.39, 0.29) is 12.2 Å². The third kappa shape index (κ3) is 4.46. The number of benzene rings is 1. The summed E-state index contributed by atoms with van der Waals surface area (Å²) in [6, 6.07) is 2.94. The van der Waals surface area contributed by atoms with E-state index in [1.165, 1.54) is 0 Å². The van der Waals surface area contributed by atoms with Crippen molar-refractivity contribution in [3.05, 3.63) is 47.0 Å². The van der Waals surface area contributed by atoms with Gasteiger partial charge in [0.15, 0.2) is 0 Å². The lowest BCUT2D eigenvalue weighted by molar-refractivity contribution is -0.142. The van der Waals surface area contributed by atoms with Gasteiger partial charge in [-0.1, -0.05) is 22.0 Å². The van der Waals surface area contributed by atoms with E-state index < -0.39 is 56.2 Å². The van der Waals surface area contributed by atoms with Gasteiger partial charge in [0.1, 0.15) is 11.6 Å². The lowest BCUT2D eigenvalue weighted by Crippen LogP contribution is -2.35. The number of carbonyl (C=O) groups is 2. The first-order valence-corrected chi connectivity index (χ1v) is 10.5. The number of hydrogen-bond donors (Lipinski definition) is 1. The smallest absolute Gasteiger partial charge is 0.308 e. The van der Waals surface area contributed by atoms with Gasteiger partial charge in [0.2, 0.25) is 27.3 Å². The summed E-state index contributed by atoms with van der Waals surface area (Å²) in [5.41, 5.74) is -2.98. The molecule has 0 amide bonds. The number of ether oxygens (including phenoxy) is 2. The van der Waals surface area contributed by atoms with Crippen LogP contribution in [0.5, 0.6) is 0 Å². The summed E-state index contributed by atoms with van der Waals surface area (Å²) in [4.78, 5) is 24.1. The predicted molar refractivity (Wildman–Crippen MR) is 93.9 cm³/mol. The van der Waals surface area contributed by atoms with E-state index >= 15 is 0 Å². The molecule has 0 saturated carbocycles. The summed E-state index contributed by atoms with van der Waals surface area (Å²) in [5, 5.41) is 0.404. The van der Waals surface area contributed by atoms with Crippen molar-refractivity contribution >= 4 is 37.7 Å². The van der Waals surface area contributed by atoms with Gasteiger partial charge in [-0.15, -0.1) is 0 Å². The monoisotopic (exact) mass is 467 g/mol. The van der Waals surface area contributed by atoms with Gasteiger partial charge in [-0.3, -0.25) is 14.3 Å². The fraction of sp³-hybridized carbons (Fsp3) is 0.375. The van der Waals surface area contributed by atoms with Crippen molar-refractivity contribution in [3.8, 4) is 0 Å². The minimum atomic E-state index is -3.97. The summed E-state index contributed by atoms with van der Waals surface area (Å²) in [5.74, 6) is -5.97. The predicted octanol–water partition coefficient (Wildman–Crippen LogP) is 2.22. The van der Waals surface area contributed by atoms with Crippen LogP contribution >= 0.6 is 15.9 Å². The number of hydrogen-bond acceptors (Lipinski definition) is 6. The second-order valence-corrected chi connectivity index (χ2v) is 8.41. The molecule has 1 unspecified atom stereocenters. The van der Waals surface area contributed by atoms with Crippen molar-refractivity contribution in [1.82, 2.24) is 4.72 Å². The third-order valence-corrected chi connectivity index (χ3v) is 5.52. The number of sulfonamides is 1. The molecule has 0 spiro atoms. The van der Waals surface area contributed by atoms with Crippen LogP contribution in [0.25, 0.3) is 0 Å². The van der Waals surface area contributed by atoms with E-state index in [4.69, 9.17) is 9.47 Å². The fourth-order valence-electron chi connectivity index (χ4n) is 2.48. The number of Topliss-reactive ketones (excluding diaryl/α,β-unsaturated/α-hetero) is 1. The Morgan fingerprint density at radius 1 is 1.33 bits per heavy atom. The molecule has 1 N–H and O–H groups in total. The topological polar surface area (TPSA) is 98.8 Å². The normalized spacial score (nSPS) is 19.8. The minimum Gasteiger partial charge on any atom is -0.456 e. The molecule has 11 heteroatoms. The molecule has 148 valence electrons. The van der Waals surface area contributed by atoms with Crippen LogP contribution in [0.1, 0.15) is 25.8 Å². The highest BCUT2D eigenvalue weighted by atomic mass is 79.9. The van der Waals surface area contributed by atoms with E-state index in [1.54, 1.807) is 0 Å². The summed E-state index contributed by atoms with van der Waals surface area (Å²) in [6.45, 7) is 2.04. The first-order chi connectivity index (χ1) is 12.5. The van der Waals surface area contributed by atoms with Gasteiger partial charge in [-0.2, -0.15) is 0 Å². The van der Waals surface area contributed by atoms with Gasteiger partial charge in [-0.05, 0) is 25.5 Å². The quantitative estimate of drug-likeness (QED) is 0.487. The molecule has 2 rings (SSSR count). The SMILES string of the molecule is CC(=O)OC1=C(NS(=O)(=O)CCCBr)OC(C)(c2c(F)cccc2F)C1=O. The Morgan fingerprint density at radius 3 is 2.44 bits per heavy atom. The Balaban J connectivity index is 2.49. The molecular formula is C16H16BrF2NO6S. The van der Waals surface area contributed by atoms with Crippen molar-refractivity contribution in [2.45, 2.75) is 25.9 Å². The number of alkyl halides is 1. The lowest BCUT2D eigenvalue weighted by Gasteiger charge is -2.24. The molecule has 0 aliphatic carbocycles. The van der Waals surface area contributed by atoms with Crippen LogP contribution in [-0.2, 0) is 34.7 Å². The molecule has 0 saturated heterocycles. The zero-order chi connectivity index (χ0) is 20.4. The highest BCUT2D eigenvalue weighted by Gasteiger charge is 2.52. The van der Waals surface area contributed by atoms with Crippen LogP contribution < -0.4 is 4.72 Å². The van der Waals surface area contributed by atoms with Crippen molar-refractivity contribution < 1.29 is 36.3 Å². The van der Waals surface area contributed by atoms with Crippen LogP contribution in [-0.4, -0.2) is 31.3 Å². The average molecular weight is 468 g/mol. The Bertz CT molecular complexity index is 897. The average Bonchev–Trinajstić information content (AvgIpc) is 2.77. The molecule has 1 aliphatic rings. The molecule has 1 aromatic rings. The van der Waals surface area contributed by atoms with Gasteiger partial charge < -0.3 is 9.47 Å². The number of rotatable bonds is 7. The van der Waals surface area contributed by atoms with Gasteiger partial charge in [0, 0.05) is 12.3 Å². The van der Waals surface area contributed by atoms with Gasteiger partial charge in [0.25, 0.3) is 5.78 Å². The van der Waals surface area contributed by atoms with Crippen LogP contribution in [0, 0.1) is 11.6 Å².